The summed E-state index contributed by atoms with van der Waals surface area (Å²) >= 11 is 0. The van der Waals surface area contributed by atoms with Crippen molar-refractivity contribution in [1.82, 2.24) is 0 Å². The summed E-state index contributed by atoms with van der Waals surface area (Å²) in [5.74, 6) is 1.19. The molecule has 2 unspecified atom stereocenters. The second-order valence-electron chi connectivity index (χ2n) is 5.03. The highest BCUT2D eigenvalue weighted by Gasteiger charge is 2.23. The lowest BCUT2D eigenvalue weighted by Crippen LogP contribution is -2.34. The Bertz CT molecular complexity index is 382. The Kier molecular flexibility index (Phi) is 4.35. The Hall–Kier alpha value is -0.670. The first kappa shape index (κ1) is 12.8. The van der Waals surface area contributed by atoms with Crippen LogP contribution < -0.4 is 5.73 Å². The highest BCUT2D eigenvalue weighted by atomic mass is 32.2. The molecule has 1 aliphatic carbocycles. The summed E-state index contributed by atoms with van der Waals surface area (Å²) < 4.78 is 12.2. The van der Waals surface area contributed by atoms with Gasteiger partial charge in [-0.25, -0.2) is 0 Å². The molecule has 1 aliphatic rings. The standard InChI is InChI=1S/C14H21NOS/c1-11-6-8-13(9-7-11)17(16)10-14(15)12-4-2-3-5-12/h6-9,12,14H,2-5,10,15H2,1H3. The molecular weight excluding hydrogens is 230 g/mol. The summed E-state index contributed by atoms with van der Waals surface area (Å²) in [6, 6.07) is 8.02. The van der Waals surface area contributed by atoms with Gasteiger partial charge in [0, 0.05) is 16.7 Å². The molecule has 0 bridgehead atoms. The van der Waals surface area contributed by atoms with Gasteiger partial charge in [-0.05, 0) is 37.8 Å². The Labute approximate surface area is 106 Å². The van der Waals surface area contributed by atoms with Gasteiger partial charge >= 0.3 is 0 Å². The fourth-order valence-electron chi connectivity index (χ4n) is 2.48. The topological polar surface area (TPSA) is 43.1 Å². The van der Waals surface area contributed by atoms with E-state index in [1.54, 1.807) is 0 Å². The van der Waals surface area contributed by atoms with Crippen LogP contribution in [0.5, 0.6) is 0 Å². The first-order chi connectivity index (χ1) is 8.16. The molecule has 94 valence electrons. The Morgan fingerprint density at radius 1 is 1.29 bits per heavy atom. The number of aryl methyl sites for hydroxylation is 1. The molecule has 2 nitrogen and oxygen atoms in total. The quantitative estimate of drug-likeness (QED) is 0.894. The van der Waals surface area contributed by atoms with Crippen molar-refractivity contribution in [2.45, 2.75) is 43.5 Å². The fourth-order valence-corrected chi connectivity index (χ4v) is 3.74. The highest BCUT2D eigenvalue weighted by molar-refractivity contribution is 7.85. The van der Waals surface area contributed by atoms with Crippen LogP contribution in [-0.2, 0) is 10.8 Å². The smallest absolute Gasteiger partial charge is 0.0545 e. The lowest BCUT2D eigenvalue weighted by atomic mass is 10.0. The minimum atomic E-state index is -0.943. The fraction of sp³-hybridized carbons (Fsp3) is 0.571. The van der Waals surface area contributed by atoms with Crippen molar-refractivity contribution >= 4 is 10.8 Å². The molecule has 1 fully saturated rings. The summed E-state index contributed by atoms with van der Waals surface area (Å²) in [6.45, 7) is 2.04. The molecule has 3 heteroatoms. The monoisotopic (exact) mass is 251 g/mol. The predicted molar refractivity (Wildman–Crippen MR) is 72.4 cm³/mol. The van der Waals surface area contributed by atoms with Crippen molar-refractivity contribution < 1.29 is 4.21 Å². The van der Waals surface area contributed by atoms with E-state index in [1.807, 2.05) is 31.2 Å². The Balaban J connectivity index is 1.94. The molecule has 2 rings (SSSR count). The van der Waals surface area contributed by atoms with Crippen molar-refractivity contribution in [3.63, 3.8) is 0 Å². The average Bonchev–Trinajstić information content (AvgIpc) is 2.83. The minimum absolute atomic E-state index is 0.0969. The van der Waals surface area contributed by atoms with Gasteiger partial charge in [0.2, 0.25) is 0 Å². The van der Waals surface area contributed by atoms with E-state index in [0.717, 1.165) is 4.90 Å². The van der Waals surface area contributed by atoms with Crippen LogP contribution in [-0.4, -0.2) is 16.0 Å². The average molecular weight is 251 g/mol. The van der Waals surface area contributed by atoms with Crippen LogP contribution in [0.25, 0.3) is 0 Å². The second kappa shape index (κ2) is 5.78. The van der Waals surface area contributed by atoms with E-state index in [9.17, 15) is 4.21 Å². The van der Waals surface area contributed by atoms with Gasteiger partial charge in [0.15, 0.2) is 0 Å². The molecule has 0 radical (unpaired) electrons. The molecule has 1 aromatic rings. The van der Waals surface area contributed by atoms with Gasteiger partial charge in [0.05, 0.1) is 10.8 Å². The molecule has 0 amide bonds. The highest BCUT2D eigenvalue weighted by Crippen LogP contribution is 2.27. The molecule has 0 heterocycles. The molecule has 0 saturated heterocycles. The van der Waals surface area contributed by atoms with Crippen LogP contribution in [0.3, 0.4) is 0 Å². The molecule has 0 spiro atoms. The maximum absolute atomic E-state index is 12.2. The molecule has 2 atom stereocenters. The van der Waals surface area contributed by atoms with Gasteiger partial charge in [-0.3, -0.25) is 4.21 Å². The van der Waals surface area contributed by atoms with E-state index in [2.05, 4.69) is 0 Å². The zero-order chi connectivity index (χ0) is 12.3. The van der Waals surface area contributed by atoms with E-state index in [-0.39, 0.29) is 6.04 Å². The minimum Gasteiger partial charge on any atom is -0.327 e. The maximum Gasteiger partial charge on any atom is 0.0545 e. The number of benzene rings is 1. The molecule has 1 aromatic carbocycles. The molecule has 0 aromatic heterocycles. The van der Waals surface area contributed by atoms with E-state index in [1.165, 1.54) is 31.2 Å². The third-order valence-corrected chi connectivity index (χ3v) is 5.12. The first-order valence-electron chi connectivity index (χ1n) is 6.37. The predicted octanol–water partition coefficient (Wildman–Crippen LogP) is 2.62. The van der Waals surface area contributed by atoms with Crippen LogP contribution in [0, 0.1) is 12.8 Å². The zero-order valence-corrected chi connectivity index (χ0v) is 11.2. The summed E-state index contributed by atoms with van der Waals surface area (Å²) in [5.41, 5.74) is 7.35. The van der Waals surface area contributed by atoms with Gasteiger partial charge in [0.1, 0.15) is 0 Å². The SMILES string of the molecule is Cc1ccc(S(=O)CC(N)C2CCCC2)cc1. The largest absolute Gasteiger partial charge is 0.327 e. The van der Waals surface area contributed by atoms with Crippen LogP contribution in [0.15, 0.2) is 29.2 Å². The molecule has 0 aliphatic heterocycles. The van der Waals surface area contributed by atoms with Gasteiger partial charge in [0.25, 0.3) is 0 Å². The normalized spacial score (nSPS) is 20.4. The van der Waals surface area contributed by atoms with Gasteiger partial charge in [-0.2, -0.15) is 0 Å². The summed E-state index contributed by atoms with van der Waals surface area (Å²) in [4.78, 5) is 0.907. The Morgan fingerprint density at radius 2 is 1.88 bits per heavy atom. The third-order valence-electron chi connectivity index (χ3n) is 3.63. The van der Waals surface area contributed by atoms with Gasteiger partial charge in [-0.1, -0.05) is 30.5 Å². The summed E-state index contributed by atoms with van der Waals surface area (Å²) in [7, 11) is -0.943. The van der Waals surface area contributed by atoms with Gasteiger partial charge in [-0.15, -0.1) is 0 Å². The first-order valence-corrected chi connectivity index (χ1v) is 7.69. The van der Waals surface area contributed by atoms with Crippen LogP contribution in [0.2, 0.25) is 0 Å². The second-order valence-corrected chi connectivity index (χ2v) is 6.53. The van der Waals surface area contributed by atoms with Crippen molar-refractivity contribution in [3.05, 3.63) is 29.8 Å². The van der Waals surface area contributed by atoms with E-state index in [4.69, 9.17) is 5.73 Å². The zero-order valence-electron chi connectivity index (χ0n) is 10.4. The molecule has 2 N–H and O–H groups in total. The van der Waals surface area contributed by atoms with Crippen LogP contribution in [0.1, 0.15) is 31.2 Å². The van der Waals surface area contributed by atoms with E-state index >= 15 is 0 Å². The lowest BCUT2D eigenvalue weighted by Gasteiger charge is -2.18. The molecule has 17 heavy (non-hydrogen) atoms. The van der Waals surface area contributed by atoms with E-state index < -0.39 is 10.8 Å². The van der Waals surface area contributed by atoms with Crippen molar-refractivity contribution in [1.29, 1.82) is 0 Å². The van der Waals surface area contributed by atoms with Crippen molar-refractivity contribution in [2.24, 2.45) is 11.7 Å². The number of nitrogens with two attached hydrogens (primary N) is 1. The summed E-state index contributed by atoms with van der Waals surface area (Å²) in [5, 5.41) is 0. The molecule has 1 saturated carbocycles. The van der Waals surface area contributed by atoms with Gasteiger partial charge < -0.3 is 5.73 Å². The van der Waals surface area contributed by atoms with Crippen molar-refractivity contribution in [3.8, 4) is 0 Å². The number of rotatable bonds is 4. The Morgan fingerprint density at radius 3 is 2.47 bits per heavy atom. The maximum atomic E-state index is 12.2. The van der Waals surface area contributed by atoms with Crippen LogP contribution in [0.4, 0.5) is 0 Å². The van der Waals surface area contributed by atoms with Crippen molar-refractivity contribution in [2.75, 3.05) is 5.75 Å². The van der Waals surface area contributed by atoms with Crippen LogP contribution >= 0.6 is 0 Å². The lowest BCUT2D eigenvalue weighted by molar-refractivity contribution is 0.460. The number of hydrogen-bond acceptors (Lipinski definition) is 2. The number of hydrogen-bond donors (Lipinski definition) is 1. The van der Waals surface area contributed by atoms with E-state index in [0.29, 0.717) is 11.7 Å². The third kappa shape index (κ3) is 3.39. The summed E-state index contributed by atoms with van der Waals surface area (Å²) in [6.07, 6.45) is 5.00. The molecular formula is C14H21NOS.